The van der Waals surface area contributed by atoms with Gasteiger partial charge in [0, 0.05) is 23.7 Å². The molecule has 0 aliphatic carbocycles. The molecule has 0 fully saturated rings. The first-order chi connectivity index (χ1) is 10.5. The SMILES string of the molecule is CC(CO)C(C)NC(=O)C(=O)Nc1cccc2ccccc12. The normalized spacial score (nSPS) is 13.4. The highest BCUT2D eigenvalue weighted by atomic mass is 16.3. The Morgan fingerprint density at radius 3 is 2.45 bits per heavy atom. The number of aliphatic hydroxyl groups is 1. The van der Waals surface area contributed by atoms with E-state index in [0.29, 0.717) is 5.69 Å². The van der Waals surface area contributed by atoms with Crippen LogP contribution in [0.4, 0.5) is 5.69 Å². The van der Waals surface area contributed by atoms with Crippen LogP contribution in [0.5, 0.6) is 0 Å². The minimum absolute atomic E-state index is 0.0492. The second-order valence-electron chi connectivity index (χ2n) is 5.40. The van der Waals surface area contributed by atoms with Crippen molar-refractivity contribution in [1.29, 1.82) is 0 Å². The van der Waals surface area contributed by atoms with E-state index in [4.69, 9.17) is 5.11 Å². The van der Waals surface area contributed by atoms with Gasteiger partial charge in [-0.25, -0.2) is 0 Å². The molecule has 3 N–H and O–H groups in total. The lowest BCUT2D eigenvalue weighted by atomic mass is 10.1. The van der Waals surface area contributed by atoms with Gasteiger partial charge in [0.2, 0.25) is 0 Å². The summed E-state index contributed by atoms with van der Waals surface area (Å²) in [6.07, 6.45) is 0. The first-order valence-corrected chi connectivity index (χ1v) is 7.23. The lowest BCUT2D eigenvalue weighted by Crippen LogP contribution is -2.44. The van der Waals surface area contributed by atoms with Crippen molar-refractivity contribution >= 4 is 28.3 Å². The Kier molecular flexibility index (Phi) is 5.12. The Bertz CT molecular complexity index is 679. The highest BCUT2D eigenvalue weighted by Crippen LogP contribution is 2.22. The Morgan fingerprint density at radius 1 is 1.05 bits per heavy atom. The van der Waals surface area contributed by atoms with E-state index in [9.17, 15) is 9.59 Å². The van der Waals surface area contributed by atoms with E-state index in [1.54, 1.807) is 19.9 Å². The predicted octanol–water partition coefficient (Wildman–Crippen LogP) is 1.91. The second-order valence-corrected chi connectivity index (χ2v) is 5.40. The fraction of sp³-hybridized carbons (Fsp3) is 0.294. The second kappa shape index (κ2) is 7.04. The van der Waals surface area contributed by atoms with Crippen molar-refractivity contribution in [3.63, 3.8) is 0 Å². The van der Waals surface area contributed by atoms with Crippen LogP contribution in [0.25, 0.3) is 10.8 Å². The van der Waals surface area contributed by atoms with Crippen LogP contribution in [0, 0.1) is 5.92 Å². The molecular weight excluding hydrogens is 280 g/mol. The molecule has 2 aromatic carbocycles. The van der Waals surface area contributed by atoms with Crippen molar-refractivity contribution in [1.82, 2.24) is 5.32 Å². The minimum Gasteiger partial charge on any atom is -0.396 e. The van der Waals surface area contributed by atoms with Gasteiger partial charge in [-0.15, -0.1) is 0 Å². The molecule has 0 spiro atoms. The summed E-state index contributed by atoms with van der Waals surface area (Å²) in [7, 11) is 0. The van der Waals surface area contributed by atoms with Crippen LogP contribution in [-0.2, 0) is 9.59 Å². The number of anilines is 1. The summed E-state index contributed by atoms with van der Waals surface area (Å²) in [5, 5.41) is 16.1. The lowest BCUT2D eigenvalue weighted by Gasteiger charge is -2.19. The largest absolute Gasteiger partial charge is 0.396 e. The Hall–Kier alpha value is -2.40. The average molecular weight is 300 g/mol. The Balaban J connectivity index is 2.09. The van der Waals surface area contributed by atoms with E-state index >= 15 is 0 Å². The first kappa shape index (κ1) is 16.0. The van der Waals surface area contributed by atoms with Crippen molar-refractivity contribution in [2.45, 2.75) is 19.9 Å². The van der Waals surface area contributed by atoms with Crippen LogP contribution in [0.15, 0.2) is 42.5 Å². The number of nitrogens with one attached hydrogen (secondary N) is 2. The predicted molar refractivity (Wildman–Crippen MR) is 86.4 cm³/mol. The third-order valence-corrected chi connectivity index (χ3v) is 3.74. The summed E-state index contributed by atoms with van der Waals surface area (Å²) in [6, 6.07) is 12.9. The van der Waals surface area contributed by atoms with Gasteiger partial charge in [-0.3, -0.25) is 9.59 Å². The zero-order valence-electron chi connectivity index (χ0n) is 12.7. The molecule has 5 nitrogen and oxygen atoms in total. The van der Waals surface area contributed by atoms with E-state index < -0.39 is 11.8 Å². The molecule has 0 bridgehead atoms. The van der Waals surface area contributed by atoms with E-state index in [1.807, 2.05) is 36.4 Å². The van der Waals surface area contributed by atoms with Gasteiger partial charge in [0.25, 0.3) is 0 Å². The molecule has 2 atom stereocenters. The van der Waals surface area contributed by atoms with Crippen molar-refractivity contribution in [2.24, 2.45) is 5.92 Å². The molecule has 0 saturated heterocycles. The zero-order chi connectivity index (χ0) is 16.1. The van der Waals surface area contributed by atoms with Gasteiger partial charge in [0.05, 0.1) is 0 Å². The highest BCUT2D eigenvalue weighted by Gasteiger charge is 2.19. The molecule has 2 rings (SSSR count). The molecular formula is C17H20N2O3. The lowest BCUT2D eigenvalue weighted by molar-refractivity contribution is -0.136. The molecule has 22 heavy (non-hydrogen) atoms. The van der Waals surface area contributed by atoms with E-state index in [0.717, 1.165) is 10.8 Å². The van der Waals surface area contributed by atoms with Gasteiger partial charge in [0.1, 0.15) is 0 Å². The standard InChI is InChI=1S/C17H20N2O3/c1-11(10-20)12(2)18-16(21)17(22)19-15-9-5-7-13-6-3-4-8-14(13)15/h3-9,11-12,20H,10H2,1-2H3,(H,18,21)(H,19,22). The smallest absolute Gasteiger partial charge is 0.313 e. The minimum atomic E-state index is -0.714. The summed E-state index contributed by atoms with van der Waals surface area (Å²) in [6.45, 7) is 3.50. The quantitative estimate of drug-likeness (QED) is 0.755. The molecule has 0 heterocycles. The molecule has 2 unspecified atom stereocenters. The third-order valence-electron chi connectivity index (χ3n) is 3.74. The number of carbonyl (C=O) groups excluding carboxylic acids is 2. The topological polar surface area (TPSA) is 78.4 Å². The summed E-state index contributed by atoms with van der Waals surface area (Å²) < 4.78 is 0. The van der Waals surface area contributed by atoms with Crippen molar-refractivity contribution in [2.75, 3.05) is 11.9 Å². The van der Waals surface area contributed by atoms with Crippen molar-refractivity contribution < 1.29 is 14.7 Å². The van der Waals surface area contributed by atoms with E-state index in [2.05, 4.69) is 10.6 Å². The number of carbonyl (C=O) groups is 2. The summed E-state index contributed by atoms with van der Waals surface area (Å²) in [5.41, 5.74) is 0.598. The summed E-state index contributed by atoms with van der Waals surface area (Å²) in [5.74, 6) is -1.54. The average Bonchev–Trinajstić information content (AvgIpc) is 2.54. The van der Waals surface area contributed by atoms with Crippen LogP contribution < -0.4 is 10.6 Å². The number of hydrogen-bond acceptors (Lipinski definition) is 3. The van der Waals surface area contributed by atoms with Crippen LogP contribution in [0.3, 0.4) is 0 Å². The molecule has 0 aliphatic heterocycles. The Labute approximate surface area is 129 Å². The van der Waals surface area contributed by atoms with Gasteiger partial charge in [0.15, 0.2) is 0 Å². The molecule has 0 aliphatic rings. The number of rotatable bonds is 4. The number of benzene rings is 2. The number of fused-ring (bicyclic) bond motifs is 1. The van der Waals surface area contributed by atoms with Crippen LogP contribution in [0.1, 0.15) is 13.8 Å². The van der Waals surface area contributed by atoms with Gasteiger partial charge in [-0.05, 0) is 24.3 Å². The fourth-order valence-corrected chi connectivity index (χ4v) is 2.09. The number of aliphatic hydroxyl groups excluding tert-OH is 1. The van der Waals surface area contributed by atoms with Crippen LogP contribution >= 0.6 is 0 Å². The van der Waals surface area contributed by atoms with Crippen LogP contribution in [0.2, 0.25) is 0 Å². The molecule has 0 aromatic heterocycles. The zero-order valence-corrected chi connectivity index (χ0v) is 12.7. The van der Waals surface area contributed by atoms with Gasteiger partial charge in [-0.1, -0.05) is 43.3 Å². The number of amides is 2. The maximum Gasteiger partial charge on any atom is 0.313 e. The Morgan fingerprint density at radius 2 is 1.73 bits per heavy atom. The number of hydrogen-bond donors (Lipinski definition) is 3. The molecule has 0 saturated carbocycles. The first-order valence-electron chi connectivity index (χ1n) is 7.23. The molecule has 116 valence electrons. The van der Waals surface area contributed by atoms with Crippen LogP contribution in [-0.4, -0.2) is 29.6 Å². The van der Waals surface area contributed by atoms with Gasteiger partial charge in [-0.2, -0.15) is 0 Å². The maximum absolute atomic E-state index is 12.0. The van der Waals surface area contributed by atoms with Crippen molar-refractivity contribution in [3.05, 3.63) is 42.5 Å². The maximum atomic E-state index is 12.0. The highest BCUT2D eigenvalue weighted by molar-refractivity contribution is 6.40. The molecule has 2 amide bonds. The molecule has 0 radical (unpaired) electrons. The van der Waals surface area contributed by atoms with Gasteiger partial charge < -0.3 is 15.7 Å². The van der Waals surface area contributed by atoms with Gasteiger partial charge >= 0.3 is 11.8 Å². The van der Waals surface area contributed by atoms with E-state index in [-0.39, 0.29) is 18.6 Å². The summed E-state index contributed by atoms with van der Waals surface area (Å²) >= 11 is 0. The monoisotopic (exact) mass is 300 g/mol. The third kappa shape index (κ3) is 3.62. The molecule has 2 aromatic rings. The fourth-order valence-electron chi connectivity index (χ4n) is 2.09. The van der Waals surface area contributed by atoms with E-state index in [1.165, 1.54) is 0 Å². The molecule has 5 heteroatoms. The summed E-state index contributed by atoms with van der Waals surface area (Å²) in [4.78, 5) is 23.9. The van der Waals surface area contributed by atoms with Crippen molar-refractivity contribution in [3.8, 4) is 0 Å².